The van der Waals surface area contributed by atoms with Gasteiger partial charge in [0.1, 0.15) is 17.5 Å². The van der Waals surface area contributed by atoms with Gasteiger partial charge in [-0.05, 0) is 64.9 Å². The normalized spacial score (nSPS) is 45.3. The number of epoxide rings is 1. The van der Waals surface area contributed by atoms with Crippen LogP contribution < -0.4 is 0 Å². The average molecular weight is 390 g/mol. The van der Waals surface area contributed by atoms with Gasteiger partial charge in [0, 0.05) is 18.9 Å². The number of fused-ring (bicyclic) bond motifs is 7. The van der Waals surface area contributed by atoms with Crippen LogP contribution in [0.5, 0.6) is 0 Å². The quantitative estimate of drug-likeness (QED) is 0.387. The van der Waals surface area contributed by atoms with Gasteiger partial charge in [-0.25, -0.2) is 4.79 Å². The molecule has 0 saturated carbocycles. The number of carbonyl (C=O) groups excluding carboxylic acids is 2. The SMILES string of the molecule is C=C1C(=O)OC2(C)CCC1CC1OC1(C)CCC(OC(C)=O)C1(C)CC=C2O1. The third-order valence-electron chi connectivity index (χ3n) is 7.03. The van der Waals surface area contributed by atoms with Crippen molar-refractivity contribution >= 4 is 11.9 Å². The summed E-state index contributed by atoms with van der Waals surface area (Å²) in [5.41, 5.74) is -1.27. The van der Waals surface area contributed by atoms with Gasteiger partial charge >= 0.3 is 11.9 Å². The molecule has 0 amide bonds. The van der Waals surface area contributed by atoms with Crippen molar-refractivity contribution < 1.29 is 28.5 Å². The zero-order valence-corrected chi connectivity index (χ0v) is 17.2. The summed E-state index contributed by atoms with van der Waals surface area (Å²) in [6, 6.07) is 0. The molecule has 6 nitrogen and oxygen atoms in total. The van der Waals surface area contributed by atoms with Gasteiger partial charge < -0.3 is 18.9 Å². The highest BCUT2D eigenvalue weighted by Gasteiger charge is 2.56. The Labute approximate surface area is 166 Å². The number of hydrogen-bond acceptors (Lipinski definition) is 6. The van der Waals surface area contributed by atoms with Crippen LogP contribution in [-0.4, -0.2) is 40.9 Å². The molecule has 0 aliphatic carbocycles. The number of ether oxygens (including phenoxy) is 4. The number of carbonyl (C=O) groups is 2. The van der Waals surface area contributed by atoms with E-state index in [1.54, 1.807) is 0 Å². The molecule has 6 heteroatoms. The summed E-state index contributed by atoms with van der Waals surface area (Å²) in [7, 11) is 0. The molecule has 0 aromatic rings. The van der Waals surface area contributed by atoms with Gasteiger partial charge in [-0.2, -0.15) is 0 Å². The summed E-state index contributed by atoms with van der Waals surface area (Å²) < 4.78 is 23.9. The molecular formula is C22H30O6. The molecular weight excluding hydrogens is 360 g/mol. The van der Waals surface area contributed by atoms with E-state index in [4.69, 9.17) is 18.9 Å². The molecule has 6 unspecified atom stereocenters. The summed E-state index contributed by atoms with van der Waals surface area (Å²) >= 11 is 0. The molecule has 4 aliphatic rings. The highest BCUT2D eigenvalue weighted by atomic mass is 16.6. The molecule has 0 spiro atoms. The van der Waals surface area contributed by atoms with E-state index >= 15 is 0 Å². The van der Waals surface area contributed by atoms with Crippen molar-refractivity contribution in [3.63, 3.8) is 0 Å². The molecule has 0 aromatic heterocycles. The Balaban J connectivity index is 1.69. The molecule has 4 bridgehead atoms. The maximum atomic E-state index is 12.7. The smallest absolute Gasteiger partial charge is 0.334 e. The summed E-state index contributed by atoms with van der Waals surface area (Å²) in [4.78, 5) is 24.4. The average Bonchev–Trinajstić information content (AvgIpc) is 3.09. The van der Waals surface area contributed by atoms with Crippen molar-refractivity contribution in [1.29, 1.82) is 0 Å². The number of esters is 2. The molecule has 0 radical (unpaired) electrons. The van der Waals surface area contributed by atoms with Crippen molar-refractivity contribution in [2.45, 2.75) is 95.2 Å². The Morgan fingerprint density at radius 3 is 2.64 bits per heavy atom. The lowest BCUT2D eigenvalue weighted by atomic mass is 9.83. The van der Waals surface area contributed by atoms with E-state index in [1.165, 1.54) is 6.92 Å². The fourth-order valence-electron chi connectivity index (χ4n) is 4.87. The molecule has 3 fully saturated rings. The fraction of sp³-hybridized carbons (Fsp3) is 0.727. The largest absolute Gasteiger partial charge is 0.484 e. The first-order chi connectivity index (χ1) is 13.0. The lowest BCUT2D eigenvalue weighted by Gasteiger charge is -2.37. The van der Waals surface area contributed by atoms with Crippen molar-refractivity contribution in [2.75, 3.05) is 0 Å². The standard InChI is InChI=1S/C22H30O6/c1-13-15-6-9-21(4,28-19(13)24)17-8-11-20(3,26-17)16(25-14(2)23)7-10-22(5)18(12-15)27-22/h8,15-16,18H,1,6-7,9-12H2,2-5H3. The summed E-state index contributed by atoms with van der Waals surface area (Å²) in [5, 5.41) is 0. The Morgan fingerprint density at radius 2 is 1.93 bits per heavy atom. The van der Waals surface area contributed by atoms with E-state index in [0.717, 1.165) is 19.3 Å². The predicted octanol–water partition coefficient (Wildman–Crippen LogP) is 3.59. The second kappa shape index (κ2) is 6.34. The molecule has 154 valence electrons. The topological polar surface area (TPSA) is 74.4 Å². The van der Waals surface area contributed by atoms with Crippen molar-refractivity contribution in [3.8, 4) is 0 Å². The molecule has 0 aromatic carbocycles. The van der Waals surface area contributed by atoms with Crippen LogP contribution in [-0.2, 0) is 28.5 Å². The van der Waals surface area contributed by atoms with E-state index in [-0.39, 0.29) is 29.6 Å². The maximum absolute atomic E-state index is 12.7. The lowest BCUT2D eigenvalue weighted by molar-refractivity contribution is -0.169. The van der Waals surface area contributed by atoms with Crippen molar-refractivity contribution in [2.24, 2.45) is 5.92 Å². The van der Waals surface area contributed by atoms with Crippen LogP contribution in [0.3, 0.4) is 0 Å². The van der Waals surface area contributed by atoms with Crippen LogP contribution in [0, 0.1) is 5.92 Å². The van der Waals surface area contributed by atoms with E-state index in [2.05, 4.69) is 13.5 Å². The fourth-order valence-corrected chi connectivity index (χ4v) is 4.87. The van der Waals surface area contributed by atoms with E-state index in [0.29, 0.717) is 30.6 Å². The van der Waals surface area contributed by atoms with Crippen molar-refractivity contribution in [3.05, 3.63) is 24.0 Å². The van der Waals surface area contributed by atoms with E-state index in [9.17, 15) is 9.59 Å². The molecule has 3 saturated heterocycles. The van der Waals surface area contributed by atoms with Gasteiger partial charge in [-0.3, -0.25) is 4.79 Å². The summed E-state index contributed by atoms with van der Waals surface area (Å²) in [6.07, 6.45) is 5.90. The second-order valence-electron chi connectivity index (χ2n) is 9.36. The van der Waals surface area contributed by atoms with E-state index < -0.39 is 17.3 Å². The van der Waals surface area contributed by atoms with Crippen LogP contribution >= 0.6 is 0 Å². The van der Waals surface area contributed by atoms with Crippen LogP contribution in [0.25, 0.3) is 0 Å². The first-order valence-electron chi connectivity index (χ1n) is 10.2. The zero-order chi connectivity index (χ0) is 20.3. The molecule has 0 N–H and O–H groups in total. The molecule has 28 heavy (non-hydrogen) atoms. The molecule has 6 atom stereocenters. The Bertz CT molecular complexity index is 756. The van der Waals surface area contributed by atoms with E-state index in [1.807, 2.05) is 19.9 Å². The third-order valence-corrected chi connectivity index (χ3v) is 7.03. The van der Waals surface area contributed by atoms with Gasteiger partial charge in [0.05, 0.1) is 11.7 Å². The zero-order valence-electron chi connectivity index (χ0n) is 17.2. The van der Waals surface area contributed by atoms with Gasteiger partial charge in [0.25, 0.3) is 0 Å². The summed E-state index contributed by atoms with van der Waals surface area (Å²) in [6.45, 7) is 11.4. The van der Waals surface area contributed by atoms with Gasteiger partial charge in [-0.1, -0.05) is 6.58 Å². The van der Waals surface area contributed by atoms with Gasteiger partial charge in [0.2, 0.25) is 0 Å². The highest BCUT2D eigenvalue weighted by molar-refractivity contribution is 5.89. The minimum absolute atomic E-state index is 0.0413. The van der Waals surface area contributed by atoms with Crippen molar-refractivity contribution in [1.82, 2.24) is 0 Å². The Morgan fingerprint density at radius 1 is 1.18 bits per heavy atom. The minimum atomic E-state index is -0.838. The molecule has 4 aliphatic heterocycles. The lowest BCUT2D eigenvalue weighted by Crippen LogP contribution is -2.44. The number of hydrogen-bond donors (Lipinski definition) is 0. The number of rotatable bonds is 1. The Kier molecular flexibility index (Phi) is 4.42. The predicted molar refractivity (Wildman–Crippen MR) is 101 cm³/mol. The third kappa shape index (κ3) is 3.25. The van der Waals surface area contributed by atoms with Gasteiger partial charge in [-0.15, -0.1) is 0 Å². The van der Waals surface area contributed by atoms with Gasteiger partial charge in [0.15, 0.2) is 5.60 Å². The second-order valence-corrected chi connectivity index (χ2v) is 9.36. The first-order valence-corrected chi connectivity index (χ1v) is 10.2. The first kappa shape index (κ1) is 19.5. The van der Waals surface area contributed by atoms with Crippen LogP contribution in [0.15, 0.2) is 24.0 Å². The molecule has 4 heterocycles. The highest BCUT2D eigenvalue weighted by Crippen LogP contribution is 2.50. The monoisotopic (exact) mass is 390 g/mol. The summed E-state index contributed by atoms with van der Waals surface area (Å²) in [5.74, 6) is 0.0112. The van der Waals surface area contributed by atoms with Crippen LogP contribution in [0.4, 0.5) is 0 Å². The van der Waals surface area contributed by atoms with Crippen LogP contribution in [0.1, 0.15) is 66.2 Å². The molecule has 4 rings (SSSR count). The minimum Gasteiger partial charge on any atom is -0.484 e. The Hall–Kier alpha value is -1.82. The maximum Gasteiger partial charge on any atom is 0.334 e. The van der Waals surface area contributed by atoms with Crippen LogP contribution in [0.2, 0.25) is 0 Å².